The highest BCUT2D eigenvalue weighted by atomic mass is 32.2. The van der Waals surface area contributed by atoms with Crippen molar-refractivity contribution in [1.29, 1.82) is 0 Å². The predicted molar refractivity (Wildman–Crippen MR) is 120 cm³/mol. The number of aromatic nitrogens is 2. The van der Waals surface area contributed by atoms with Crippen molar-refractivity contribution < 1.29 is 17.7 Å². The quantitative estimate of drug-likeness (QED) is 0.607. The van der Waals surface area contributed by atoms with E-state index in [9.17, 15) is 13.2 Å². The maximum Gasteiger partial charge on any atom is 0.264 e. The van der Waals surface area contributed by atoms with Gasteiger partial charge in [-0.25, -0.2) is 8.42 Å². The van der Waals surface area contributed by atoms with Gasteiger partial charge in [-0.05, 0) is 43.2 Å². The van der Waals surface area contributed by atoms with Crippen LogP contribution >= 0.6 is 0 Å². The lowest BCUT2D eigenvalue weighted by Crippen LogP contribution is -2.48. The van der Waals surface area contributed by atoms with Gasteiger partial charge in [0, 0.05) is 19.5 Å². The van der Waals surface area contributed by atoms with Crippen molar-refractivity contribution >= 4 is 21.6 Å². The lowest BCUT2D eigenvalue weighted by atomic mass is 9.80. The molecule has 0 atom stereocenters. The number of carbonyl (C=O) groups excluding carboxylic acids is 1. The third kappa shape index (κ3) is 4.25. The Morgan fingerprint density at radius 1 is 1.06 bits per heavy atom. The molecule has 0 unspecified atom stereocenters. The number of carbonyl (C=O) groups is 1. The number of sulfonamides is 1. The van der Waals surface area contributed by atoms with E-state index in [1.807, 2.05) is 6.07 Å². The number of anilines is 1. The third-order valence-corrected chi connectivity index (χ3v) is 7.67. The highest BCUT2D eigenvalue weighted by Gasteiger charge is 2.40. The zero-order chi connectivity index (χ0) is 22.8. The number of nitrogens with one attached hydrogen (secondary N) is 1. The van der Waals surface area contributed by atoms with Gasteiger partial charge in [-0.3, -0.25) is 9.10 Å². The van der Waals surface area contributed by atoms with Crippen LogP contribution in [0.25, 0.3) is 0 Å². The average molecular weight is 455 g/mol. The lowest BCUT2D eigenvalue weighted by Gasteiger charge is -2.35. The Bertz CT molecular complexity index is 1200. The van der Waals surface area contributed by atoms with Crippen molar-refractivity contribution in [2.75, 3.05) is 11.4 Å². The van der Waals surface area contributed by atoms with E-state index in [2.05, 4.69) is 15.5 Å². The average Bonchev–Trinajstić information content (AvgIpc) is 3.27. The van der Waals surface area contributed by atoms with E-state index < -0.39 is 15.6 Å². The van der Waals surface area contributed by atoms with Crippen LogP contribution in [0.5, 0.6) is 0 Å². The van der Waals surface area contributed by atoms with Crippen LogP contribution in [0.4, 0.5) is 5.69 Å². The minimum Gasteiger partial charge on any atom is -0.340 e. The normalized spacial score (nSPS) is 15.8. The second-order valence-electron chi connectivity index (χ2n) is 8.07. The number of aryl methyl sites for hydroxylation is 1. The van der Waals surface area contributed by atoms with Gasteiger partial charge in [0.25, 0.3) is 15.9 Å². The van der Waals surface area contributed by atoms with Gasteiger partial charge in [-0.1, -0.05) is 48.7 Å². The van der Waals surface area contributed by atoms with E-state index in [0.717, 1.165) is 19.3 Å². The molecule has 1 aliphatic carbocycles. The molecule has 1 heterocycles. The first-order valence-electron chi connectivity index (χ1n) is 10.6. The Hall–Kier alpha value is -3.20. The Morgan fingerprint density at radius 2 is 1.78 bits per heavy atom. The molecule has 0 spiro atoms. The minimum atomic E-state index is -3.83. The molecule has 0 bridgehead atoms. The zero-order valence-electron chi connectivity index (χ0n) is 18.1. The van der Waals surface area contributed by atoms with Gasteiger partial charge in [0.15, 0.2) is 5.82 Å². The summed E-state index contributed by atoms with van der Waals surface area (Å²) >= 11 is 0. The molecule has 2 aromatic carbocycles. The van der Waals surface area contributed by atoms with Crippen molar-refractivity contribution in [3.8, 4) is 0 Å². The van der Waals surface area contributed by atoms with Gasteiger partial charge in [0.2, 0.25) is 5.89 Å². The highest BCUT2D eigenvalue weighted by molar-refractivity contribution is 7.92. The topological polar surface area (TPSA) is 105 Å². The van der Waals surface area contributed by atoms with Crippen LogP contribution in [0.2, 0.25) is 0 Å². The summed E-state index contributed by atoms with van der Waals surface area (Å²) in [6, 6.07) is 14.9. The standard InChI is InChI=1S/C23H26N4O4S/c1-17-24-22(26-31-17)23(14-7-4-8-15-23)25-21(28)18-10-9-13-20(16-18)32(29,30)27(2)19-11-5-3-6-12-19/h3,5-6,9-13,16H,4,7-8,14-15H2,1-2H3,(H,25,28). The maximum absolute atomic E-state index is 13.2. The maximum atomic E-state index is 13.2. The summed E-state index contributed by atoms with van der Waals surface area (Å²) in [4.78, 5) is 17.6. The van der Waals surface area contributed by atoms with Crippen molar-refractivity contribution in [3.05, 3.63) is 71.9 Å². The second kappa shape index (κ2) is 8.74. The van der Waals surface area contributed by atoms with Crippen LogP contribution in [-0.4, -0.2) is 31.5 Å². The van der Waals surface area contributed by atoms with Crippen molar-refractivity contribution in [1.82, 2.24) is 15.5 Å². The number of hydrogen-bond donors (Lipinski definition) is 1. The van der Waals surface area contributed by atoms with E-state index in [1.165, 1.54) is 23.5 Å². The summed E-state index contributed by atoms with van der Waals surface area (Å²) in [6.45, 7) is 1.71. The molecular formula is C23H26N4O4S. The van der Waals surface area contributed by atoms with Gasteiger partial charge in [0.05, 0.1) is 10.6 Å². The summed E-state index contributed by atoms with van der Waals surface area (Å²) in [6.07, 6.45) is 4.35. The number of amides is 1. The molecule has 168 valence electrons. The molecule has 1 fully saturated rings. The SMILES string of the molecule is Cc1nc(C2(NC(=O)c3cccc(S(=O)(=O)N(C)c4ccccc4)c3)CCCCC2)no1. The summed E-state index contributed by atoms with van der Waals surface area (Å²) < 4.78 is 32.7. The number of benzene rings is 2. The number of para-hydroxylation sites is 1. The van der Waals surface area contributed by atoms with Gasteiger partial charge < -0.3 is 9.84 Å². The summed E-state index contributed by atoms with van der Waals surface area (Å²) in [7, 11) is -2.34. The Labute approximate surface area is 187 Å². The molecule has 4 rings (SSSR count). The monoisotopic (exact) mass is 454 g/mol. The van der Waals surface area contributed by atoms with Crippen LogP contribution in [0.3, 0.4) is 0 Å². The van der Waals surface area contributed by atoms with Gasteiger partial charge >= 0.3 is 0 Å². The molecule has 0 saturated heterocycles. The molecule has 0 aliphatic heterocycles. The largest absolute Gasteiger partial charge is 0.340 e. The molecule has 32 heavy (non-hydrogen) atoms. The fraction of sp³-hybridized carbons (Fsp3) is 0.348. The van der Waals surface area contributed by atoms with E-state index in [4.69, 9.17) is 4.52 Å². The fourth-order valence-corrected chi connectivity index (χ4v) is 5.32. The summed E-state index contributed by atoms with van der Waals surface area (Å²) in [5.41, 5.74) is 0.0803. The molecule has 1 saturated carbocycles. The van der Waals surface area contributed by atoms with E-state index >= 15 is 0 Å². The van der Waals surface area contributed by atoms with Crippen molar-refractivity contribution in [2.45, 2.75) is 49.5 Å². The van der Waals surface area contributed by atoms with Crippen molar-refractivity contribution in [3.63, 3.8) is 0 Å². The van der Waals surface area contributed by atoms with Gasteiger partial charge in [0.1, 0.15) is 5.54 Å². The molecule has 8 nitrogen and oxygen atoms in total. The summed E-state index contributed by atoms with van der Waals surface area (Å²) in [5, 5.41) is 7.15. The molecule has 1 aromatic heterocycles. The fourth-order valence-electron chi connectivity index (χ4n) is 4.08. The third-order valence-electron chi connectivity index (χ3n) is 5.89. The van der Waals surface area contributed by atoms with Crippen LogP contribution in [0, 0.1) is 6.92 Å². The smallest absolute Gasteiger partial charge is 0.264 e. The predicted octanol–water partition coefficient (Wildman–Crippen LogP) is 3.79. The molecule has 1 N–H and O–H groups in total. The summed E-state index contributed by atoms with van der Waals surface area (Å²) in [5.74, 6) is 0.542. The first-order valence-corrected chi connectivity index (χ1v) is 12.0. The molecule has 1 aliphatic rings. The number of nitrogens with zero attached hydrogens (tertiary/aromatic N) is 3. The van der Waals surface area contributed by atoms with Crippen LogP contribution in [0.1, 0.15) is 54.2 Å². The number of rotatable bonds is 6. The van der Waals surface area contributed by atoms with Crippen molar-refractivity contribution in [2.24, 2.45) is 0 Å². The Balaban J connectivity index is 1.62. The lowest BCUT2D eigenvalue weighted by molar-refractivity contribution is 0.0855. The molecule has 1 amide bonds. The van der Waals surface area contributed by atoms with Gasteiger partial charge in [-0.15, -0.1) is 0 Å². The second-order valence-corrected chi connectivity index (χ2v) is 10.0. The Kier molecular flexibility index (Phi) is 6.01. The molecular weight excluding hydrogens is 428 g/mol. The number of hydrogen-bond acceptors (Lipinski definition) is 6. The van der Waals surface area contributed by atoms with E-state index in [-0.39, 0.29) is 16.4 Å². The molecule has 3 aromatic rings. The minimum absolute atomic E-state index is 0.0459. The van der Waals surface area contributed by atoms with Crippen LogP contribution < -0.4 is 9.62 Å². The zero-order valence-corrected chi connectivity index (χ0v) is 18.9. The van der Waals surface area contributed by atoms with Gasteiger partial charge in [-0.2, -0.15) is 4.98 Å². The van der Waals surface area contributed by atoms with Crippen LogP contribution in [-0.2, 0) is 15.6 Å². The van der Waals surface area contributed by atoms with E-state index in [1.54, 1.807) is 43.3 Å². The molecule has 0 radical (unpaired) electrons. The van der Waals surface area contributed by atoms with E-state index in [0.29, 0.717) is 30.2 Å². The molecule has 9 heteroatoms. The first kappa shape index (κ1) is 22.0. The van der Waals surface area contributed by atoms with Crippen LogP contribution in [0.15, 0.2) is 64.0 Å². The highest BCUT2D eigenvalue weighted by Crippen LogP contribution is 2.36. The first-order chi connectivity index (χ1) is 15.3. The Morgan fingerprint density at radius 3 is 2.44 bits per heavy atom.